The van der Waals surface area contributed by atoms with Crippen molar-refractivity contribution < 1.29 is 15.0 Å². The highest BCUT2D eigenvalue weighted by Crippen LogP contribution is 2.20. The Morgan fingerprint density at radius 1 is 1.56 bits per heavy atom. The molecule has 1 aromatic heterocycles. The minimum absolute atomic E-state index is 0.119. The smallest absolute Gasteiger partial charge is 0.339 e. The normalized spacial score (nSPS) is 10.2. The lowest BCUT2D eigenvalue weighted by atomic mass is 10.2. The fourth-order valence-electron chi connectivity index (χ4n) is 1.51. The molecule has 0 spiro atoms. The maximum Gasteiger partial charge on any atom is 0.339 e. The zero-order chi connectivity index (χ0) is 12.1. The molecule has 0 aliphatic rings. The quantitative estimate of drug-likeness (QED) is 0.736. The van der Waals surface area contributed by atoms with Gasteiger partial charge in [-0.2, -0.15) is 0 Å². The second-order valence-corrected chi connectivity index (χ2v) is 3.55. The SMILES string of the molecule is CCCN(CO)c1cc(C)ncc1C(=O)O. The fraction of sp³-hybridized carbons (Fsp3) is 0.455. The van der Waals surface area contributed by atoms with Crippen LogP contribution in [0.5, 0.6) is 0 Å². The van der Waals surface area contributed by atoms with E-state index in [1.807, 2.05) is 6.92 Å². The van der Waals surface area contributed by atoms with E-state index in [4.69, 9.17) is 5.11 Å². The van der Waals surface area contributed by atoms with E-state index >= 15 is 0 Å². The Morgan fingerprint density at radius 3 is 2.75 bits per heavy atom. The summed E-state index contributed by atoms with van der Waals surface area (Å²) in [5, 5.41) is 18.2. The average molecular weight is 224 g/mol. The molecule has 1 aromatic rings. The van der Waals surface area contributed by atoms with Gasteiger partial charge in [-0.1, -0.05) is 6.92 Å². The van der Waals surface area contributed by atoms with E-state index in [2.05, 4.69) is 4.98 Å². The van der Waals surface area contributed by atoms with Crippen LogP contribution in [0.25, 0.3) is 0 Å². The van der Waals surface area contributed by atoms with Gasteiger partial charge in [0.05, 0.1) is 5.69 Å². The molecule has 0 aliphatic carbocycles. The summed E-state index contributed by atoms with van der Waals surface area (Å²) in [5.74, 6) is -1.03. The van der Waals surface area contributed by atoms with E-state index in [9.17, 15) is 9.90 Å². The fourth-order valence-corrected chi connectivity index (χ4v) is 1.51. The number of anilines is 1. The number of nitrogens with zero attached hydrogens (tertiary/aromatic N) is 2. The zero-order valence-corrected chi connectivity index (χ0v) is 9.47. The number of pyridine rings is 1. The molecule has 5 nitrogen and oxygen atoms in total. The van der Waals surface area contributed by atoms with Crippen LogP contribution in [-0.2, 0) is 0 Å². The van der Waals surface area contributed by atoms with E-state index in [1.165, 1.54) is 6.20 Å². The van der Waals surface area contributed by atoms with E-state index in [0.29, 0.717) is 12.2 Å². The Morgan fingerprint density at radius 2 is 2.25 bits per heavy atom. The van der Waals surface area contributed by atoms with Gasteiger partial charge in [0.25, 0.3) is 0 Å². The molecule has 0 aromatic carbocycles. The zero-order valence-electron chi connectivity index (χ0n) is 9.47. The second kappa shape index (κ2) is 5.46. The average Bonchev–Trinajstić information content (AvgIpc) is 2.25. The molecule has 0 unspecified atom stereocenters. The van der Waals surface area contributed by atoms with Gasteiger partial charge in [-0.25, -0.2) is 4.79 Å². The Balaban J connectivity index is 3.16. The standard InChI is InChI=1S/C11H16N2O3/c1-3-4-13(7-14)10-5-8(2)12-6-9(10)11(15)16/h5-6,14H,3-4,7H2,1-2H3,(H,15,16). The minimum Gasteiger partial charge on any atom is -0.478 e. The molecule has 1 heterocycles. The van der Waals surface area contributed by atoms with Crippen LogP contribution in [0.15, 0.2) is 12.3 Å². The van der Waals surface area contributed by atoms with Gasteiger partial charge in [-0.15, -0.1) is 0 Å². The number of aryl methyl sites for hydroxylation is 1. The lowest BCUT2D eigenvalue weighted by Gasteiger charge is -2.23. The van der Waals surface area contributed by atoms with Gasteiger partial charge < -0.3 is 15.1 Å². The number of rotatable bonds is 5. The third-order valence-electron chi connectivity index (χ3n) is 2.25. The first-order valence-electron chi connectivity index (χ1n) is 5.15. The number of hydrogen-bond acceptors (Lipinski definition) is 4. The Labute approximate surface area is 94.4 Å². The van der Waals surface area contributed by atoms with E-state index in [1.54, 1.807) is 17.9 Å². The lowest BCUT2D eigenvalue weighted by molar-refractivity contribution is 0.0697. The summed E-state index contributed by atoms with van der Waals surface area (Å²) in [7, 11) is 0. The first kappa shape index (κ1) is 12.4. The Kier molecular flexibility index (Phi) is 4.25. The second-order valence-electron chi connectivity index (χ2n) is 3.55. The molecule has 2 N–H and O–H groups in total. The number of hydrogen-bond donors (Lipinski definition) is 2. The molecule has 0 saturated heterocycles. The maximum atomic E-state index is 11.0. The molecule has 0 fully saturated rings. The highest BCUT2D eigenvalue weighted by molar-refractivity contribution is 5.94. The first-order valence-corrected chi connectivity index (χ1v) is 5.15. The number of carboxylic acid groups (broad SMARTS) is 1. The molecule has 1 rings (SSSR count). The van der Waals surface area contributed by atoms with E-state index < -0.39 is 5.97 Å². The van der Waals surface area contributed by atoms with Gasteiger partial charge >= 0.3 is 5.97 Å². The number of aromatic nitrogens is 1. The summed E-state index contributed by atoms with van der Waals surface area (Å²) in [4.78, 5) is 16.6. The van der Waals surface area contributed by atoms with Crippen molar-refractivity contribution in [3.8, 4) is 0 Å². The molecule has 0 amide bonds. The Hall–Kier alpha value is -1.62. The molecule has 5 heteroatoms. The molecule has 0 aliphatic heterocycles. The monoisotopic (exact) mass is 224 g/mol. The van der Waals surface area contributed by atoms with E-state index in [-0.39, 0.29) is 12.3 Å². The highest BCUT2D eigenvalue weighted by atomic mass is 16.4. The largest absolute Gasteiger partial charge is 0.478 e. The number of carbonyl (C=O) groups is 1. The summed E-state index contributed by atoms with van der Waals surface area (Å²) in [6.45, 7) is 4.17. The van der Waals surface area contributed by atoms with Crippen LogP contribution in [0.1, 0.15) is 29.4 Å². The number of aliphatic hydroxyl groups excluding tert-OH is 1. The van der Waals surface area contributed by atoms with Gasteiger partial charge in [-0.3, -0.25) is 4.98 Å². The predicted molar refractivity (Wildman–Crippen MR) is 60.7 cm³/mol. The van der Waals surface area contributed by atoms with Crippen molar-refractivity contribution in [1.82, 2.24) is 4.98 Å². The van der Waals surface area contributed by atoms with Gasteiger partial charge in [0, 0.05) is 18.4 Å². The molecular formula is C11H16N2O3. The number of carboxylic acids is 1. The van der Waals surface area contributed by atoms with Gasteiger partial charge in [-0.05, 0) is 19.4 Å². The van der Waals surface area contributed by atoms with Gasteiger partial charge in [0.15, 0.2) is 0 Å². The van der Waals surface area contributed by atoms with Crippen molar-refractivity contribution in [2.24, 2.45) is 0 Å². The molecule has 0 atom stereocenters. The molecule has 0 bridgehead atoms. The summed E-state index contributed by atoms with van der Waals surface area (Å²) in [6, 6.07) is 1.68. The third kappa shape index (κ3) is 2.70. The third-order valence-corrected chi connectivity index (χ3v) is 2.25. The van der Waals surface area contributed by atoms with Crippen molar-refractivity contribution in [2.75, 3.05) is 18.2 Å². The number of aliphatic hydroxyl groups is 1. The highest BCUT2D eigenvalue weighted by Gasteiger charge is 2.15. The van der Waals surface area contributed by atoms with Crippen LogP contribution in [0.3, 0.4) is 0 Å². The lowest BCUT2D eigenvalue weighted by Crippen LogP contribution is -2.27. The summed E-state index contributed by atoms with van der Waals surface area (Å²) < 4.78 is 0. The van der Waals surface area contributed by atoms with Crippen molar-refractivity contribution in [3.05, 3.63) is 23.5 Å². The summed E-state index contributed by atoms with van der Waals surface area (Å²) in [6.07, 6.45) is 2.16. The number of aromatic carboxylic acids is 1. The maximum absolute atomic E-state index is 11.0. The Bertz CT molecular complexity index is 379. The molecule has 0 saturated carbocycles. The van der Waals surface area contributed by atoms with Gasteiger partial charge in [0.1, 0.15) is 12.3 Å². The summed E-state index contributed by atoms with van der Waals surface area (Å²) >= 11 is 0. The minimum atomic E-state index is -1.03. The van der Waals surface area contributed by atoms with Crippen LogP contribution in [0.2, 0.25) is 0 Å². The predicted octanol–water partition coefficient (Wildman–Crippen LogP) is 1.25. The van der Waals surface area contributed by atoms with Crippen LogP contribution in [0, 0.1) is 6.92 Å². The van der Waals surface area contributed by atoms with Crippen LogP contribution in [0.4, 0.5) is 5.69 Å². The van der Waals surface area contributed by atoms with E-state index in [0.717, 1.165) is 12.1 Å². The van der Waals surface area contributed by atoms with Crippen molar-refractivity contribution in [3.63, 3.8) is 0 Å². The van der Waals surface area contributed by atoms with Crippen molar-refractivity contribution in [2.45, 2.75) is 20.3 Å². The van der Waals surface area contributed by atoms with Crippen LogP contribution >= 0.6 is 0 Å². The first-order chi connectivity index (χ1) is 7.60. The topological polar surface area (TPSA) is 73.7 Å². The molecular weight excluding hydrogens is 208 g/mol. The molecule has 0 radical (unpaired) electrons. The van der Waals surface area contributed by atoms with Crippen molar-refractivity contribution in [1.29, 1.82) is 0 Å². The van der Waals surface area contributed by atoms with Crippen LogP contribution < -0.4 is 4.90 Å². The van der Waals surface area contributed by atoms with Crippen LogP contribution in [-0.4, -0.2) is 34.4 Å². The summed E-state index contributed by atoms with van der Waals surface area (Å²) in [5.41, 5.74) is 1.37. The molecule has 88 valence electrons. The van der Waals surface area contributed by atoms with Gasteiger partial charge in [0.2, 0.25) is 0 Å². The molecule has 16 heavy (non-hydrogen) atoms. The van der Waals surface area contributed by atoms with Crippen molar-refractivity contribution >= 4 is 11.7 Å².